The summed E-state index contributed by atoms with van der Waals surface area (Å²) in [6, 6.07) is 56.9. The Hall–Kier alpha value is -5.66. The Kier molecular flexibility index (Phi) is 5.68. The van der Waals surface area contributed by atoms with Crippen molar-refractivity contribution in [2.24, 2.45) is 0 Å². The lowest BCUT2D eigenvalue weighted by atomic mass is 9.96. The van der Waals surface area contributed by atoms with Crippen LogP contribution in [0.5, 0.6) is 0 Å². The van der Waals surface area contributed by atoms with E-state index in [0.717, 1.165) is 60.5 Å². The Morgan fingerprint density at radius 2 is 0.930 bits per heavy atom. The van der Waals surface area contributed by atoms with E-state index in [0.29, 0.717) is 0 Å². The standard InChI is InChI=1S/C42H29N/c1-2-13-37(14-3-1)43(38-24-22-31-10-4-5-11-32(31)28-38)39-25-23-33-26-30(18-20-34(33)29-39)19-21-36-27-35-12-6-7-15-40(35)42-17-9-8-16-41(36)42/h1-29H/b21-19+/i19D,21D. The second kappa shape index (κ2) is 10.6. The quantitative estimate of drug-likeness (QED) is 0.152. The minimum absolute atomic E-state index is 0.212. The van der Waals surface area contributed by atoms with E-state index in [1.165, 1.54) is 10.8 Å². The fraction of sp³-hybridized carbons (Fsp3) is 0. The van der Waals surface area contributed by atoms with Crippen molar-refractivity contribution in [1.82, 2.24) is 0 Å². The van der Waals surface area contributed by atoms with Crippen LogP contribution in [0, 0.1) is 0 Å². The molecular weight excluding hydrogens is 518 g/mol. The molecule has 0 saturated heterocycles. The molecule has 0 amide bonds. The molecule has 0 atom stereocenters. The summed E-state index contributed by atoms with van der Waals surface area (Å²) in [7, 11) is 0. The Labute approximate surface area is 254 Å². The highest BCUT2D eigenvalue weighted by atomic mass is 15.1. The SMILES string of the molecule is [2H]/C(=C(/[2H])c1cc2ccccc2c2ccccc12)c1ccc2cc(N(c3ccccc3)c3ccc4ccccc4c3)ccc2c1. The van der Waals surface area contributed by atoms with Gasteiger partial charge in [0.15, 0.2) is 0 Å². The minimum atomic E-state index is 0.212. The maximum absolute atomic E-state index is 9.15. The molecule has 0 N–H and O–H groups in total. The zero-order chi connectivity index (χ0) is 30.3. The molecule has 0 saturated carbocycles. The Balaban J connectivity index is 1.22. The van der Waals surface area contributed by atoms with Crippen molar-refractivity contribution in [2.45, 2.75) is 0 Å². The molecule has 1 nitrogen and oxygen atoms in total. The van der Waals surface area contributed by atoms with E-state index in [-0.39, 0.29) is 12.1 Å². The molecule has 0 radical (unpaired) electrons. The van der Waals surface area contributed by atoms with Gasteiger partial charge in [0.1, 0.15) is 0 Å². The normalized spacial score (nSPS) is 12.7. The van der Waals surface area contributed by atoms with Crippen molar-refractivity contribution >= 4 is 72.3 Å². The summed E-state index contributed by atoms with van der Waals surface area (Å²) < 4.78 is 18.2. The fourth-order valence-corrected chi connectivity index (χ4v) is 6.09. The average molecular weight is 550 g/mol. The monoisotopic (exact) mass is 549 g/mol. The third-order valence-electron chi connectivity index (χ3n) is 8.20. The number of para-hydroxylation sites is 1. The van der Waals surface area contributed by atoms with E-state index in [1.54, 1.807) is 0 Å². The summed E-state index contributed by atoms with van der Waals surface area (Å²) in [4.78, 5) is 2.28. The summed E-state index contributed by atoms with van der Waals surface area (Å²) >= 11 is 0. The fourth-order valence-electron chi connectivity index (χ4n) is 6.09. The van der Waals surface area contributed by atoms with Gasteiger partial charge in [-0.1, -0.05) is 127 Å². The third-order valence-corrected chi connectivity index (χ3v) is 8.20. The van der Waals surface area contributed by atoms with E-state index < -0.39 is 0 Å². The van der Waals surface area contributed by atoms with E-state index in [1.807, 2.05) is 48.5 Å². The van der Waals surface area contributed by atoms with Gasteiger partial charge in [0.05, 0.1) is 2.74 Å². The molecule has 0 aliphatic rings. The number of hydrogen-bond donors (Lipinski definition) is 0. The third kappa shape index (κ3) is 4.71. The molecule has 0 heterocycles. The van der Waals surface area contributed by atoms with Crippen LogP contribution in [-0.4, -0.2) is 0 Å². The van der Waals surface area contributed by atoms with Gasteiger partial charge < -0.3 is 4.90 Å². The molecule has 0 unspecified atom stereocenters. The van der Waals surface area contributed by atoms with Gasteiger partial charge in [0, 0.05) is 17.1 Å². The molecule has 0 bridgehead atoms. The van der Waals surface area contributed by atoms with Crippen LogP contribution in [-0.2, 0) is 0 Å². The molecule has 0 spiro atoms. The van der Waals surface area contributed by atoms with Crippen LogP contribution in [0.1, 0.15) is 13.9 Å². The first-order valence-electron chi connectivity index (χ1n) is 15.6. The van der Waals surface area contributed by atoms with Crippen molar-refractivity contribution in [3.8, 4) is 0 Å². The van der Waals surface area contributed by atoms with Gasteiger partial charge in [0.2, 0.25) is 0 Å². The van der Waals surface area contributed by atoms with Gasteiger partial charge in [-0.05, 0) is 103 Å². The molecule has 0 aliphatic carbocycles. The summed E-state index contributed by atoms with van der Waals surface area (Å²) in [5, 5.41) is 8.84. The van der Waals surface area contributed by atoms with Crippen LogP contribution in [0.4, 0.5) is 17.1 Å². The molecule has 8 aromatic rings. The van der Waals surface area contributed by atoms with Crippen LogP contribution >= 0.6 is 0 Å². The van der Waals surface area contributed by atoms with Crippen LogP contribution < -0.4 is 4.90 Å². The molecule has 8 aromatic carbocycles. The van der Waals surface area contributed by atoms with E-state index >= 15 is 0 Å². The average Bonchev–Trinajstić information content (AvgIpc) is 3.11. The molecule has 0 aromatic heterocycles. The van der Waals surface area contributed by atoms with Gasteiger partial charge in [-0.3, -0.25) is 0 Å². The molecule has 1 heteroatoms. The topological polar surface area (TPSA) is 3.24 Å². The molecular formula is C42H29N. The molecule has 8 rings (SSSR count). The number of rotatable bonds is 5. The number of benzene rings is 8. The molecule has 43 heavy (non-hydrogen) atoms. The smallest absolute Gasteiger partial charge is 0.0629 e. The van der Waals surface area contributed by atoms with Gasteiger partial charge in [-0.15, -0.1) is 0 Å². The van der Waals surface area contributed by atoms with Crippen molar-refractivity contribution < 1.29 is 2.74 Å². The van der Waals surface area contributed by atoms with Gasteiger partial charge >= 0.3 is 0 Å². The second-order valence-electron chi connectivity index (χ2n) is 10.9. The number of nitrogens with zero attached hydrogens (tertiary/aromatic N) is 1. The van der Waals surface area contributed by atoms with Gasteiger partial charge in [0.25, 0.3) is 0 Å². The van der Waals surface area contributed by atoms with E-state index in [2.05, 4.69) is 120 Å². The van der Waals surface area contributed by atoms with Crippen LogP contribution in [0.3, 0.4) is 0 Å². The first-order chi connectivity index (χ1) is 22.1. The Bertz CT molecular complexity index is 2410. The number of fused-ring (bicyclic) bond motifs is 5. The van der Waals surface area contributed by atoms with Crippen molar-refractivity contribution in [3.63, 3.8) is 0 Å². The predicted octanol–water partition coefficient (Wildman–Crippen LogP) is 11.9. The van der Waals surface area contributed by atoms with Crippen LogP contribution in [0.15, 0.2) is 164 Å². The first kappa shape index (κ1) is 23.0. The number of hydrogen-bond acceptors (Lipinski definition) is 1. The lowest BCUT2D eigenvalue weighted by Crippen LogP contribution is -2.09. The lowest BCUT2D eigenvalue weighted by Gasteiger charge is -2.26. The summed E-state index contributed by atoms with van der Waals surface area (Å²) in [5.74, 6) is 0. The Morgan fingerprint density at radius 1 is 0.372 bits per heavy atom. The highest BCUT2D eigenvalue weighted by molar-refractivity contribution is 6.11. The lowest BCUT2D eigenvalue weighted by molar-refractivity contribution is 1.29. The highest BCUT2D eigenvalue weighted by Crippen LogP contribution is 2.37. The highest BCUT2D eigenvalue weighted by Gasteiger charge is 2.13. The minimum Gasteiger partial charge on any atom is -0.310 e. The van der Waals surface area contributed by atoms with Gasteiger partial charge in [-0.25, -0.2) is 0 Å². The number of anilines is 3. The summed E-state index contributed by atoms with van der Waals surface area (Å²) in [5.41, 5.74) is 4.74. The van der Waals surface area contributed by atoms with E-state index in [9.17, 15) is 0 Å². The zero-order valence-electron chi connectivity index (χ0n) is 25.5. The van der Waals surface area contributed by atoms with Crippen LogP contribution in [0.2, 0.25) is 0 Å². The van der Waals surface area contributed by atoms with Gasteiger partial charge in [-0.2, -0.15) is 0 Å². The van der Waals surface area contributed by atoms with Crippen LogP contribution in [0.25, 0.3) is 55.2 Å². The van der Waals surface area contributed by atoms with E-state index in [4.69, 9.17) is 2.74 Å². The first-order valence-corrected chi connectivity index (χ1v) is 14.6. The zero-order valence-corrected chi connectivity index (χ0v) is 23.5. The van der Waals surface area contributed by atoms with Crippen molar-refractivity contribution in [1.29, 1.82) is 0 Å². The molecule has 0 fully saturated rings. The Morgan fingerprint density at radius 3 is 1.72 bits per heavy atom. The molecule has 0 aliphatic heterocycles. The van der Waals surface area contributed by atoms with Crippen molar-refractivity contribution in [3.05, 3.63) is 175 Å². The maximum Gasteiger partial charge on any atom is 0.0629 e. The summed E-state index contributed by atoms with van der Waals surface area (Å²) in [6.45, 7) is 0. The largest absolute Gasteiger partial charge is 0.310 e. The molecule has 202 valence electrons. The summed E-state index contributed by atoms with van der Waals surface area (Å²) in [6.07, 6.45) is 0. The maximum atomic E-state index is 9.15. The second-order valence-corrected chi connectivity index (χ2v) is 10.9. The predicted molar refractivity (Wildman–Crippen MR) is 187 cm³/mol. The van der Waals surface area contributed by atoms with Crippen molar-refractivity contribution in [2.75, 3.05) is 4.90 Å².